The van der Waals surface area contributed by atoms with Crippen molar-refractivity contribution in [3.05, 3.63) is 34.1 Å². The van der Waals surface area contributed by atoms with Gasteiger partial charge in [0, 0.05) is 20.6 Å². The van der Waals surface area contributed by atoms with Crippen molar-refractivity contribution in [2.24, 2.45) is 4.99 Å². The molecule has 0 amide bonds. The number of hydrogen-bond donors (Lipinski definition) is 2. The van der Waals surface area contributed by atoms with E-state index in [0.717, 1.165) is 5.56 Å². The van der Waals surface area contributed by atoms with Crippen LogP contribution in [0.3, 0.4) is 0 Å². The second-order valence-electron chi connectivity index (χ2n) is 2.92. The molecule has 15 heavy (non-hydrogen) atoms. The quantitative estimate of drug-likeness (QED) is 0.638. The summed E-state index contributed by atoms with van der Waals surface area (Å²) in [5.74, 6) is 0.423. The van der Waals surface area contributed by atoms with Gasteiger partial charge in [-0.15, -0.1) is 0 Å². The Morgan fingerprint density at radius 3 is 2.80 bits per heavy atom. The second kappa shape index (κ2) is 5.70. The molecule has 82 valence electrons. The molecule has 0 aliphatic heterocycles. The molecular weight excluding hydrogens is 261 g/mol. The van der Waals surface area contributed by atoms with Crippen molar-refractivity contribution in [1.29, 1.82) is 0 Å². The van der Waals surface area contributed by atoms with Gasteiger partial charge < -0.3 is 10.6 Å². The number of benzene rings is 1. The van der Waals surface area contributed by atoms with Crippen LogP contribution in [0.1, 0.15) is 5.56 Å². The van der Waals surface area contributed by atoms with Gasteiger partial charge >= 0.3 is 0 Å². The Labute approximate surface area is 96.9 Å². The van der Waals surface area contributed by atoms with E-state index in [1.807, 2.05) is 6.07 Å². The Morgan fingerprint density at radius 1 is 1.53 bits per heavy atom. The average Bonchev–Trinajstić information content (AvgIpc) is 2.24. The standard InChI is InChI=1S/C10H13BrFN3/c1-13-10(14-2)15-6-7-3-4-8(11)9(12)5-7/h3-5H,6H2,1-2H3,(H2,13,14,15). The molecule has 1 aromatic rings. The molecule has 0 aliphatic rings. The number of nitrogens with one attached hydrogen (secondary N) is 2. The van der Waals surface area contributed by atoms with Crippen molar-refractivity contribution in [2.45, 2.75) is 6.54 Å². The topological polar surface area (TPSA) is 36.4 Å². The van der Waals surface area contributed by atoms with Crippen molar-refractivity contribution in [3.8, 4) is 0 Å². The third-order valence-electron chi connectivity index (χ3n) is 1.90. The van der Waals surface area contributed by atoms with Crippen LogP contribution in [0.25, 0.3) is 0 Å². The number of guanidine groups is 1. The van der Waals surface area contributed by atoms with Gasteiger partial charge in [-0.3, -0.25) is 4.99 Å². The molecular formula is C10H13BrFN3. The summed E-state index contributed by atoms with van der Waals surface area (Å²) < 4.78 is 13.6. The molecule has 0 saturated carbocycles. The summed E-state index contributed by atoms with van der Waals surface area (Å²) in [6.07, 6.45) is 0. The maximum Gasteiger partial charge on any atom is 0.190 e. The van der Waals surface area contributed by atoms with Gasteiger partial charge in [-0.05, 0) is 33.6 Å². The third-order valence-corrected chi connectivity index (χ3v) is 2.55. The predicted molar refractivity (Wildman–Crippen MR) is 63.4 cm³/mol. The first-order valence-corrected chi connectivity index (χ1v) is 5.29. The van der Waals surface area contributed by atoms with E-state index in [0.29, 0.717) is 17.0 Å². The van der Waals surface area contributed by atoms with Gasteiger partial charge in [0.15, 0.2) is 5.96 Å². The molecule has 1 aromatic carbocycles. The Balaban J connectivity index is 2.62. The molecule has 0 unspecified atom stereocenters. The lowest BCUT2D eigenvalue weighted by Gasteiger charge is -2.08. The molecule has 3 nitrogen and oxygen atoms in total. The Hall–Kier alpha value is -1.10. The Kier molecular flexibility index (Phi) is 4.55. The molecule has 0 spiro atoms. The molecule has 0 saturated heterocycles. The number of rotatable bonds is 2. The summed E-state index contributed by atoms with van der Waals surface area (Å²) in [5.41, 5.74) is 0.868. The normalized spacial score (nSPS) is 11.3. The maximum atomic E-state index is 13.1. The van der Waals surface area contributed by atoms with Gasteiger partial charge in [-0.1, -0.05) is 6.07 Å². The minimum absolute atomic E-state index is 0.256. The molecule has 0 heterocycles. The van der Waals surface area contributed by atoms with Gasteiger partial charge in [0.05, 0.1) is 4.47 Å². The number of nitrogens with zero attached hydrogens (tertiary/aromatic N) is 1. The van der Waals surface area contributed by atoms with Crippen LogP contribution in [0.15, 0.2) is 27.7 Å². The largest absolute Gasteiger partial charge is 0.359 e. The highest BCUT2D eigenvalue weighted by molar-refractivity contribution is 9.10. The molecule has 0 aliphatic carbocycles. The summed E-state index contributed by atoms with van der Waals surface area (Å²) in [6, 6.07) is 5.03. The molecule has 0 bridgehead atoms. The van der Waals surface area contributed by atoms with E-state index < -0.39 is 0 Å². The van der Waals surface area contributed by atoms with Crippen LogP contribution in [0.2, 0.25) is 0 Å². The zero-order valence-corrected chi connectivity index (χ0v) is 10.2. The first-order valence-electron chi connectivity index (χ1n) is 4.49. The molecule has 0 radical (unpaired) electrons. The molecule has 0 atom stereocenters. The summed E-state index contributed by atoms with van der Waals surface area (Å²) in [4.78, 5) is 3.95. The van der Waals surface area contributed by atoms with E-state index in [1.54, 1.807) is 20.2 Å². The molecule has 0 aromatic heterocycles. The molecule has 2 N–H and O–H groups in total. The number of aliphatic imine (C=N–C) groups is 1. The van der Waals surface area contributed by atoms with E-state index in [2.05, 4.69) is 31.6 Å². The highest BCUT2D eigenvalue weighted by atomic mass is 79.9. The minimum atomic E-state index is -0.256. The van der Waals surface area contributed by atoms with Crippen LogP contribution in [0.5, 0.6) is 0 Å². The minimum Gasteiger partial charge on any atom is -0.359 e. The Bertz CT molecular complexity index is 366. The summed E-state index contributed by atoms with van der Waals surface area (Å²) in [7, 11) is 3.46. The van der Waals surface area contributed by atoms with Crippen LogP contribution < -0.4 is 10.6 Å². The first kappa shape index (κ1) is 12.0. The van der Waals surface area contributed by atoms with Gasteiger partial charge in [0.25, 0.3) is 0 Å². The van der Waals surface area contributed by atoms with Gasteiger partial charge in [-0.2, -0.15) is 0 Å². The van der Waals surface area contributed by atoms with Crippen LogP contribution in [-0.2, 0) is 6.54 Å². The van der Waals surface area contributed by atoms with Gasteiger partial charge in [0.1, 0.15) is 5.82 Å². The van der Waals surface area contributed by atoms with Crippen LogP contribution in [0, 0.1) is 5.82 Å². The third kappa shape index (κ3) is 3.51. The van der Waals surface area contributed by atoms with Crippen molar-refractivity contribution in [3.63, 3.8) is 0 Å². The maximum absolute atomic E-state index is 13.1. The van der Waals surface area contributed by atoms with Gasteiger partial charge in [0.2, 0.25) is 0 Å². The predicted octanol–water partition coefficient (Wildman–Crippen LogP) is 1.88. The number of halogens is 2. The molecule has 0 fully saturated rings. The summed E-state index contributed by atoms with van der Waals surface area (Å²) in [6.45, 7) is 0.539. The lowest BCUT2D eigenvalue weighted by atomic mass is 10.2. The van der Waals surface area contributed by atoms with E-state index in [4.69, 9.17) is 0 Å². The fourth-order valence-electron chi connectivity index (χ4n) is 1.11. The van der Waals surface area contributed by atoms with Crippen LogP contribution >= 0.6 is 15.9 Å². The second-order valence-corrected chi connectivity index (χ2v) is 3.78. The summed E-state index contributed by atoms with van der Waals surface area (Å²) in [5, 5.41) is 5.92. The molecule has 5 heteroatoms. The zero-order chi connectivity index (χ0) is 11.3. The van der Waals surface area contributed by atoms with E-state index >= 15 is 0 Å². The van der Waals surface area contributed by atoms with E-state index in [9.17, 15) is 4.39 Å². The average molecular weight is 274 g/mol. The first-order chi connectivity index (χ1) is 7.17. The highest BCUT2D eigenvalue weighted by Gasteiger charge is 2.01. The SMILES string of the molecule is CN=C(NC)NCc1ccc(Br)c(F)c1. The van der Waals surface area contributed by atoms with Crippen molar-refractivity contribution < 1.29 is 4.39 Å². The van der Waals surface area contributed by atoms with Crippen molar-refractivity contribution >= 4 is 21.9 Å². The summed E-state index contributed by atoms with van der Waals surface area (Å²) >= 11 is 3.11. The smallest absolute Gasteiger partial charge is 0.190 e. The van der Waals surface area contributed by atoms with Crippen LogP contribution in [0.4, 0.5) is 4.39 Å². The molecule has 1 rings (SSSR count). The van der Waals surface area contributed by atoms with E-state index in [-0.39, 0.29) is 5.82 Å². The van der Waals surface area contributed by atoms with Crippen molar-refractivity contribution in [2.75, 3.05) is 14.1 Å². The monoisotopic (exact) mass is 273 g/mol. The van der Waals surface area contributed by atoms with Crippen molar-refractivity contribution in [1.82, 2.24) is 10.6 Å². The Morgan fingerprint density at radius 2 is 2.27 bits per heavy atom. The zero-order valence-electron chi connectivity index (χ0n) is 8.64. The lowest BCUT2D eigenvalue weighted by molar-refractivity contribution is 0.618. The van der Waals surface area contributed by atoms with Gasteiger partial charge in [-0.25, -0.2) is 4.39 Å². The van der Waals surface area contributed by atoms with E-state index in [1.165, 1.54) is 6.07 Å². The highest BCUT2D eigenvalue weighted by Crippen LogP contribution is 2.16. The lowest BCUT2D eigenvalue weighted by Crippen LogP contribution is -2.34. The number of hydrogen-bond acceptors (Lipinski definition) is 1. The fraction of sp³-hybridized carbons (Fsp3) is 0.300. The fourth-order valence-corrected chi connectivity index (χ4v) is 1.36. The van der Waals surface area contributed by atoms with Crippen LogP contribution in [-0.4, -0.2) is 20.1 Å².